The van der Waals surface area contributed by atoms with Gasteiger partial charge in [0.2, 0.25) is 0 Å². The van der Waals surface area contributed by atoms with Crippen LogP contribution < -0.4 is 10.6 Å². The Balaban J connectivity index is 1.83. The Kier molecular flexibility index (Phi) is 6.26. The van der Waals surface area contributed by atoms with E-state index in [2.05, 4.69) is 32.4 Å². The lowest BCUT2D eigenvalue weighted by atomic mass is 10.2. The Bertz CT molecular complexity index is 616. The number of alkyl carbamates (subject to hydrolysis) is 1. The lowest BCUT2D eigenvalue weighted by molar-refractivity contribution is 0.0507. The van der Waals surface area contributed by atoms with Crippen molar-refractivity contribution >= 4 is 23.4 Å². The highest BCUT2D eigenvalue weighted by Gasteiger charge is 2.27. The Morgan fingerprint density at radius 3 is 2.72 bits per heavy atom. The van der Waals surface area contributed by atoms with Gasteiger partial charge in [0, 0.05) is 25.0 Å². The number of aromatic nitrogens is 1. The molecule has 2 rings (SSSR count). The maximum absolute atomic E-state index is 11.9. The third-order valence-electron chi connectivity index (χ3n) is 3.89. The number of rotatable bonds is 3. The lowest BCUT2D eigenvalue weighted by Crippen LogP contribution is -2.44. The summed E-state index contributed by atoms with van der Waals surface area (Å²) in [6.07, 6.45) is 0.506. The van der Waals surface area contributed by atoms with E-state index in [4.69, 9.17) is 4.74 Å². The summed E-state index contributed by atoms with van der Waals surface area (Å²) in [4.78, 5) is 24.2. The molecule has 25 heavy (non-hydrogen) atoms. The number of amides is 1. The number of aliphatic imine (C=N–C) groups is 1. The van der Waals surface area contributed by atoms with E-state index >= 15 is 0 Å². The zero-order chi connectivity index (χ0) is 18.6. The topological polar surface area (TPSA) is 78.9 Å². The van der Waals surface area contributed by atoms with Crippen LogP contribution in [0.5, 0.6) is 0 Å². The number of ether oxygens (including phenoxy) is 1. The van der Waals surface area contributed by atoms with Crippen molar-refractivity contribution < 1.29 is 9.53 Å². The fraction of sp³-hybridized carbons (Fsp3) is 0.706. The normalized spacial score (nSPS) is 18.4. The van der Waals surface area contributed by atoms with Gasteiger partial charge in [-0.1, -0.05) is 0 Å². The SMILES string of the molecule is CN=C(NCc1nc(C)c(C)s1)N1CCC(NC(=O)OC(C)(C)C)C1. The van der Waals surface area contributed by atoms with Crippen molar-refractivity contribution in [2.24, 2.45) is 4.99 Å². The molecule has 1 amide bonds. The molecule has 140 valence electrons. The largest absolute Gasteiger partial charge is 0.444 e. The Morgan fingerprint density at radius 2 is 2.16 bits per heavy atom. The quantitative estimate of drug-likeness (QED) is 0.634. The summed E-state index contributed by atoms with van der Waals surface area (Å²) < 4.78 is 5.32. The second-order valence-electron chi connectivity index (χ2n) is 7.23. The molecular weight excluding hydrogens is 338 g/mol. The number of thiazole rings is 1. The van der Waals surface area contributed by atoms with Crippen molar-refractivity contribution in [3.63, 3.8) is 0 Å². The van der Waals surface area contributed by atoms with E-state index in [0.717, 1.165) is 36.2 Å². The van der Waals surface area contributed by atoms with Crippen molar-refractivity contribution in [2.45, 2.75) is 59.2 Å². The standard InChI is InChI=1S/C17H29N5O2S/c1-11-12(2)25-14(20-11)9-19-15(18-6)22-8-7-13(10-22)21-16(23)24-17(3,4)5/h13H,7-10H2,1-6H3,(H,18,19)(H,21,23). The second kappa shape index (κ2) is 8.03. The molecular formula is C17H29N5O2S. The Morgan fingerprint density at radius 1 is 1.44 bits per heavy atom. The minimum absolute atomic E-state index is 0.0674. The highest BCUT2D eigenvalue weighted by Crippen LogP contribution is 2.16. The predicted octanol–water partition coefficient (Wildman–Crippen LogP) is 2.43. The maximum atomic E-state index is 11.9. The molecule has 1 atom stereocenters. The molecule has 2 N–H and O–H groups in total. The van der Waals surface area contributed by atoms with Gasteiger partial charge >= 0.3 is 6.09 Å². The van der Waals surface area contributed by atoms with Gasteiger partial charge in [-0.05, 0) is 41.0 Å². The van der Waals surface area contributed by atoms with E-state index in [-0.39, 0.29) is 12.1 Å². The molecule has 1 unspecified atom stereocenters. The van der Waals surface area contributed by atoms with Crippen LogP contribution in [-0.2, 0) is 11.3 Å². The van der Waals surface area contributed by atoms with Crippen molar-refractivity contribution in [3.05, 3.63) is 15.6 Å². The van der Waals surface area contributed by atoms with Crippen LogP contribution in [0.1, 0.15) is 42.8 Å². The molecule has 1 aliphatic rings. The average molecular weight is 368 g/mol. The molecule has 0 radical (unpaired) electrons. The summed E-state index contributed by atoms with van der Waals surface area (Å²) in [7, 11) is 1.77. The molecule has 1 aromatic heterocycles. The van der Waals surface area contributed by atoms with E-state index < -0.39 is 5.60 Å². The smallest absolute Gasteiger partial charge is 0.407 e. The number of carbonyl (C=O) groups excluding carboxylic acids is 1. The number of nitrogens with zero attached hydrogens (tertiary/aromatic N) is 3. The lowest BCUT2D eigenvalue weighted by Gasteiger charge is -2.23. The summed E-state index contributed by atoms with van der Waals surface area (Å²) in [5.74, 6) is 0.832. The number of nitrogens with one attached hydrogen (secondary N) is 2. The van der Waals surface area contributed by atoms with E-state index in [1.165, 1.54) is 4.88 Å². The number of aryl methyl sites for hydroxylation is 2. The molecule has 0 aliphatic carbocycles. The maximum Gasteiger partial charge on any atom is 0.407 e. The summed E-state index contributed by atoms with van der Waals surface area (Å²) in [6.45, 7) is 11.9. The van der Waals surface area contributed by atoms with Crippen molar-refractivity contribution in [2.75, 3.05) is 20.1 Å². The number of hydrogen-bond acceptors (Lipinski definition) is 5. The minimum Gasteiger partial charge on any atom is -0.444 e. The molecule has 0 aromatic carbocycles. The molecule has 1 aromatic rings. The molecule has 1 saturated heterocycles. The first-order valence-corrected chi connectivity index (χ1v) is 9.37. The van der Waals surface area contributed by atoms with Crippen LogP contribution in [0.3, 0.4) is 0 Å². The van der Waals surface area contributed by atoms with Gasteiger partial charge in [0.15, 0.2) is 5.96 Å². The first kappa shape index (κ1) is 19.5. The first-order chi connectivity index (χ1) is 11.7. The van der Waals surface area contributed by atoms with Gasteiger partial charge in [0.05, 0.1) is 18.3 Å². The van der Waals surface area contributed by atoms with E-state index in [1.54, 1.807) is 18.4 Å². The highest BCUT2D eigenvalue weighted by molar-refractivity contribution is 7.11. The molecule has 0 spiro atoms. The zero-order valence-corrected chi connectivity index (χ0v) is 16.8. The van der Waals surface area contributed by atoms with Crippen molar-refractivity contribution in [1.29, 1.82) is 0 Å². The molecule has 7 nitrogen and oxygen atoms in total. The molecule has 1 aliphatic heterocycles. The molecule has 1 fully saturated rings. The third-order valence-corrected chi connectivity index (χ3v) is 4.96. The molecule has 2 heterocycles. The van der Waals surface area contributed by atoms with Crippen LogP contribution in [0.2, 0.25) is 0 Å². The summed E-state index contributed by atoms with van der Waals surface area (Å²) >= 11 is 1.70. The van der Waals surface area contributed by atoms with Gasteiger partial charge in [-0.15, -0.1) is 11.3 Å². The van der Waals surface area contributed by atoms with Gasteiger partial charge in [-0.3, -0.25) is 4.99 Å². The summed E-state index contributed by atoms with van der Waals surface area (Å²) in [5.41, 5.74) is 0.601. The van der Waals surface area contributed by atoms with Gasteiger partial charge in [0.25, 0.3) is 0 Å². The number of carbonyl (C=O) groups is 1. The van der Waals surface area contributed by atoms with Gasteiger partial charge in [-0.2, -0.15) is 0 Å². The van der Waals surface area contributed by atoms with E-state index in [9.17, 15) is 4.79 Å². The van der Waals surface area contributed by atoms with Gasteiger partial charge in [0.1, 0.15) is 10.6 Å². The van der Waals surface area contributed by atoms with Gasteiger partial charge < -0.3 is 20.3 Å². The molecule has 0 bridgehead atoms. The molecule has 0 saturated carbocycles. The Hall–Kier alpha value is -1.83. The summed E-state index contributed by atoms with van der Waals surface area (Å²) in [6, 6.07) is 0.0674. The van der Waals surface area contributed by atoms with E-state index in [1.807, 2.05) is 27.7 Å². The summed E-state index contributed by atoms with van der Waals surface area (Å²) in [5, 5.41) is 7.35. The number of guanidine groups is 1. The second-order valence-corrected chi connectivity index (χ2v) is 8.52. The van der Waals surface area contributed by atoms with Crippen LogP contribution in [0, 0.1) is 13.8 Å². The van der Waals surface area contributed by atoms with E-state index in [0.29, 0.717) is 6.54 Å². The first-order valence-electron chi connectivity index (χ1n) is 8.56. The average Bonchev–Trinajstić information content (AvgIpc) is 3.05. The minimum atomic E-state index is -0.482. The van der Waals surface area contributed by atoms with Gasteiger partial charge in [-0.25, -0.2) is 9.78 Å². The monoisotopic (exact) mass is 367 g/mol. The fourth-order valence-electron chi connectivity index (χ4n) is 2.65. The highest BCUT2D eigenvalue weighted by atomic mass is 32.1. The fourth-order valence-corrected chi connectivity index (χ4v) is 3.52. The Labute approximate surface area is 153 Å². The van der Waals surface area contributed by atoms with Crippen molar-refractivity contribution in [1.82, 2.24) is 20.5 Å². The van der Waals surface area contributed by atoms with Crippen LogP contribution in [0.15, 0.2) is 4.99 Å². The predicted molar refractivity (Wildman–Crippen MR) is 101 cm³/mol. The van der Waals surface area contributed by atoms with Crippen LogP contribution in [0.25, 0.3) is 0 Å². The van der Waals surface area contributed by atoms with Crippen molar-refractivity contribution in [3.8, 4) is 0 Å². The van der Waals surface area contributed by atoms with Crippen LogP contribution >= 0.6 is 11.3 Å². The number of hydrogen-bond donors (Lipinski definition) is 2. The molecule has 8 heteroatoms. The number of likely N-dealkylation sites (tertiary alicyclic amines) is 1. The van der Waals surface area contributed by atoms with Crippen LogP contribution in [0.4, 0.5) is 4.79 Å². The third kappa shape index (κ3) is 5.88. The van der Waals surface area contributed by atoms with Crippen LogP contribution in [-0.4, -0.2) is 53.7 Å². The zero-order valence-electron chi connectivity index (χ0n) is 16.0.